The van der Waals surface area contributed by atoms with Gasteiger partial charge in [-0.25, -0.2) is 17.6 Å². The SMILES string of the molecule is CCc1ccc(Nc2c(F)c(F)cc(F)c2F)c(C(C(=O)O)C(C)(C)C(=O)O)c1. The van der Waals surface area contributed by atoms with Crippen molar-refractivity contribution < 1.29 is 37.4 Å². The van der Waals surface area contributed by atoms with E-state index in [4.69, 9.17) is 0 Å². The van der Waals surface area contributed by atoms with Gasteiger partial charge in [-0.2, -0.15) is 0 Å². The molecule has 156 valence electrons. The lowest BCUT2D eigenvalue weighted by Gasteiger charge is -2.29. The molecule has 0 fully saturated rings. The molecular formula is C20H19F4NO4. The van der Waals surface area contributed by atoms with E-state index in [1.165, 1.54) is 32.0 Å². The number of nitrogens with one attached hydrogen (secondary N) is 1. The van der Waals surface area contributed by atoms with Gasteiger partial charge in [0.25, 0.3) is 0 Å². The lowest BCUT2D eigenvalue weighted by molar-refractivity contribution is -0.155. The average molecular weight is 413 g/mol. The molecule has 0 radical (unpaired) electrons. The van der Waals surface area contributed by atoms with Gasteiger partial charge in [-0.1, -0.05) is 19.1 Å². The third-order valence-corrected chi connectivity index (χ3v) is 4.73. The van der Waals surface area contributed by atoms with Crippen LogP contribution in [0.3, 0.4) is 0 Å². The van der Waals surface area contributed by atoms with E-state index in [1.807, 2.05) is 0 Å². The molecule has 0 bridgehead atoms. The number of carbonyl (C=O) groups is 2. The molecule has 0 aliphatic rings. The maximum Gasteiger partial charge on any atom is 0.312 e. The summed E-state index contributed by atoms with van der Waals surface area (Å²) in [7, 11) is 0. The van der Waals surface area contributed by atoms with Gasteiger partial charge in [0.05, 0.1) is 11.3 Å². The maximum absolute atomic E-state index is 14.1. The minimum Gasteiger partial charge on any atom is -0.481 e. The van der Waals surface area contributed by atoms with E-state index >= 15 is 0 Å². The first-order chi connectivity index (χ1) is 13.4. The van der Waals surface area contributed by atoms with Crippen molar-refractivity contribution in [1.29, 1.82) is 0 Å². The Hall–Kier alpha value is -3.10. The van der Waals surface area contributed by atoms with Crippen LogP contribution in [0.5, 0.6) is 0 Å². The van der Waals surface area contributed by atoms with Crippen molar-refractivity contribution in [3.63, 3.8) is 0 Å². The molecule has 2 aromatic rings. The lowest BCUT2D eigenvalue weighted by Crippen LogP contribution is -2.36. The average Bonchev–Trinajstić information content (AvgIpc) is 2.63. The fourth-order valence-electron chi connectivity index (χ4n) is 2.96. The van der Waals surface area contributed by atoms with Crippen LogP contribution < -0.4 is 5.32 Å². The van der Waals surface area contributed by atoms with E-state index < -0.39 is 52.2 Å². The molecule has 2 rings (SSSR count). The Kier molecular flexibility index (Phi) is 6.20. The van der Waals surface area contributed by atoms with Gasteiger partial charge in [-0.15, -0.1) is 0 Å². The Morgan fingerprint density at radius 1 is 1.03 bits per heavy atom. The van der Waals surface area contributed by atoms with Crippen LogP contribution in [0.2, 0.25) is 0 Å². The summed E-state index contributed by atoms with van der Waals surface area (Å²) in [5.41, 5.74) is -2.60. The second-order valence-corrected chi connectivity index (χ2v) is 7.04. The highest BCUT2D eigenvalue weighted by atomic mass is 19.2. The van der Waals surface area contributed by atoms with Gasteiger partial charge in [0.15, 0.2) is 23.3 Å². The van der Waals surface area contributed by atoms with Crippen molar-refractivity contribution in [3.8, 4) is 0 Å². The first-order valence-corrected chi connectivity index (χ1v) is 8.60. The van der Waals surface area contributed by atoms with Crippen molar-refractivity contribution in [2.24, 2.45) is 5.41 Å². The van der Waals surface area contributed by atoms with E-state index in [1.54, 1.807) is 6.92 Å². The summed E-state index contributed by atoms with van der Waals surface area (Å²) >= 11 is 0. The second-order valence-electron chi connectivity index (χ2n) is 7.04. The van der Waals surface area contributed by atoms with Crippen molar-refractivity contribution in [2.45, 2.75) is 33.1 Å². The van der Waals surface area contributed by atoms with Crippen molar-refractivity contribution in [2.75, 3.05) is 5.32 Å². The van der Waals surface area contributed by atoms with Crippen LogP contribution in [0.15, 0.2) is 24.3 Å². The van der Waals surface area contributed by atoms with Crippen LogP contribution in [0.25, 0.3) is 0 Å². The monoisotopic (exact) mass is 413 g/mol. The second kappa shape index (κ2) is 8.10. The van der Waals surface area contributed by atoms with Crippen LogP contribution in [0, 0.1) is 28.7 Å². The summed E-state index contributed by atoms with van der Waals surface area (Å²) in [6, 6.07) is 4.23. The van der Waals surface area contributed by atoms with Crippen LogP contribution in [0.4, 0.5) is 28.9 Å². The predicted octanol–water partition coefficient (Wildman–Crippen LogP) is 4.83. The minimum atomic E-state index is -1.81. The van der Waals surface area contributed by atoms with Crippen molar-refractivity contribution in [1.82, 2.24) is 0 Å². The molecule has 0 aliphatic heterocycles. The number of carboxylic acids is 2. The Balaban J connectivity index is 2.73. The zero-order chi connectivity index (χ0) is 22.1. The topological polar surface area (TPSA) is 86.6 Å². The third kappa shape index (κ3) is 4.18. The molecule has 0 spiro atoms. The summed E-state index contributed by atoms with van der Waals surface area (Å²) in [6.45, 7) is 4.16. The molecule has 9 heteroatoms. The standard InChI is InChI=1S/C20H19F4NO4/c1-4-9-5-6-13(25-17-15(23)11(21)8-12(22)16(17)24)10(7-9)14(18(26)27)20(2,3)19(28)29/h5-8,14,25H,4H2,1-3H3,(H,26,27)(H,28,29). The highest BCUT2D eigenvalue weighted by molar-refractivity contribution is 5.89. The quantitative estimate of drug-likeness (QED) is 0.447. The summed E-state index contributed by atoms with van der Waals surface area (Å²) in [6.07, 6.45) is 0.463. The molecule has 0 amide bonds. The third-order valence-electron chi connectivity index (χ3n) is 4.73. The summed E-state index contributed by atoms with van der Waals surface area (Å²) in [5, 5.41) is 21.4. The Morgan fingerprint density at radius 2 is 1.59 bits per heavy atom. The van der Waals surface area contributed by atoms with Crippen LogP contribution in [-0.4, -0.2) is 22.2 Å². The van der Waals surface area contributed by atoms with E-state index in [0.29, 0.717) is 12.0 Å². The number of halogens is 4. The number of hydrogen-bond acceptors (Lipinski definition) is 3. The molecule has 1 unspecified atom stereocenters. The molecule has 2 aromatic carbocycles. The minimum absolute atomic E-state index is 0.0462. The number of anilines is 2. The van der Waals surface area contributed by atoms with Crippen LogP contribution >= 0.6 is 0 Å². The van der Waals surface area contributed by atoms with E-state index in [9.17, 15) is 37.4 Å². The Labute approximate surface area is 164 Å². The fraction of sp³-hybridized carbons (Fsp3) is 0.300. The summed E-state index contributed by atoms with van der Waals surface area (Å²) in [5.74, 6) is -11.2. The zero-order valence-electron chi connectivity index (χ0n) is 15.8. The van der Waals surface area contributed by atoms with Crippen molar-refractivity contribution in [3.05, 3.63) is 58.7 Å². The first kappa shape index (κ1) is 22.2. The van der Waals surface area contributed by atoms with Gasteiger partial charge < -0.3 is 15.5 Å². The Bertz CT molecular complexity index is 949. The zero-order valence-corrected chi connectivity index (χ0v) is 15.8. The van der Waals surface area contributed by atoms with E-state index in [0.717, 1.165) is 0 Å². The normalized spacial score (nSPS) is 12.5. The predicted molar refractivity (Wildman–Crippen MR) is 97.2 cm³/mol. The maximum atomic E-state index is 14.1. The molecule has 1 atom stereocenters. The van der Waals surface area contributed by atoms with Gasteiger partial charge in [-0.3, -0.25) is 9.59 Å². The van der Waals surface area contributed by atoms with Gasteiger partial charge in [0, 0.05) is 11.8 Å². The fourth-order valence-corrected chi connectivity index (χ4v) is 2.96. The molecule has 0 aromatic heterocycles. The number of hydrogen-bond donors (Lipinski definition) is 3. The van der Waals surface area contributed by atoms with Crippen molar-refractivity contribution >= 4 is 23.3 Å². The summed E-state index contributed by atoms with van der Waals surface area (Å²) in [4.78, 5) is 23.6. The molecular weight excluding hydrogens is 394 g/mol. The van der Waals surface area contributed by atoms with E-state index in [2.05, 4.69) is 5.32 Å². The van der Waals surface area contributed by atoms with Gasteiger partial charge in [-0.05, 0) is 37.5 Å². The van der Waals surface area contributed by atoms with Gasteiger partial charge >= 0.3 is 11.9 Å². The van der Waals surface area contributed by atoms with Crippen LogP contribution in [0.1, 0.15) is 37.8 Å². The molecule has 5 nitrogen and oxygen atoms in total. The number of aliphatic carboxylic acids is 2. The smallest absolute Gasteiger partial charge is 0.312 e. The first-order valence-electron chi connectivity index (χ1n) is 8.60. The molecule has 0 heterocycles. The van der Waals surface area contributed by atoms with Crippen LogP contribution in [-0.2, 0) is 16.0 Å². The number of benzene rings is 2. The number of rotatable bonds is 7. The molecule has 0 saturated carbocycles. The Morgan fingerprint density at radius 3 is 2.03 bits per heavy atom. The molecule has 0 saturated heterocycles. The largest absolute Gasteiger partial charge is 0.481 e. The van der Waals surface area contributed by atoms with Gasteiger partial charge in [0.1, 0.15) is 5.69 Å². The molecule has 0 aliphatic carbocycles. The van der Waals surface area contributed by atoms with E-state index in [-0.39, 0.29) is 17.3 Å². The number of carboxylic acid groups (broad SMARTS) is 2. The highest BCUT2D eigenvalue weighted by Gasteiger charge is 2.44. The summed E-state index contributed by atoms with van der Waals surface area (Å²) < 4.78 is 55.2. The molecule has 29 heavy (non-hydrogen) atoms. The highest BCUT2D eigenvalue weighted by Crippen LogP contribution is 2.41. The number of aryl methyl sites for hydroxylation is 1. The molecule has 3 N–H and O–H groups in total. The van der Waals surface area contributed by atoms with Gasteiger partial charge in [0.2, 0.25) is 0 Å². The lowest BCUT2D eigenvalue weighted by atomic mass is 9.74.